The van der Waals surface area contributed by atoms with Gasteiger partial charge < -0.3 is 16.4 Å². The van der Waals surface area contributed by atoms with Gasteiger partial charge in [-0.1, -0.05) is 18.1 Å². The Morgan fingerprint density at radius 2 is 1.85 bits per heavy atom. The molecule has 10 heteroatoms. The predicted molar refractivity (Wildman–Crippen MR) is 144 cm³/mol. The highest BCUT2D eigenvalue weighted by Crippen LogP contribution is 2.57. The lowest BCUT2D eigenvalue weighted by Crippen LogP contribution is -2.44. The maximum atomic E-state index is 13.5. The zero-order valence-electron chi connectivity index (χ0n) is 21.3. The van der Waals surface area contributed by atoms with E-state index in [4.69, 9.17) is 10.7 Å². The first kappa shape index (κ1) is 24.6. The second kappa shape index (κ2) is 9.20. The van der Waals surface area contributed by atoms with E-state index in [1.54, 1.807) is 37.4 Å². The maximum absolute atomic E-state index is 13.5. The number of fused-ring (bicyclic) bond motifs is 3. The Morgan fingerprint density at radius 1 is 1.08 bits per heavy atom. The molecule has 2 aliphatic rings. The van der Waals surface area contributed by atoms with Crippen molar-refractivity contribution in [2.24, 2.45) is 0 Å². The lowest BCUT2D eigenvalue weighted by atomic mass is 9.83. The molecule has 0 spiro atoms. The zero-order valence-corrected chi connectivity index (χ0v) is 21.3. The highest BCUT2D eigenvalue weighted by atomic mass is 19.1. The number of imidazole rings is 1. The van der Waals surface area contributed by atoms with E-state index in [0.29, 0.717) is 22.6 Å². The Kier molecular flexibility index (Phi) is 5.79. The van der Waals surface area contributed by atoms with Gasteiger partial charge in [0.15, 0.2) is 0 Å². The van der Waals surface area contributed by atoms with Crippen LogP contribution in [0.1, 0.15) is 55.2 Å². The molecular formula is C29H26FN7O2. The summed E-state index contributed by atoms with van der Waals surface area (Å²) in [5, 5.41) is 5.77. The van der Waals surface area contributed by atoms with Crippen LogP contribution in [0, 0.1) is 17.7 Å². The van der Waals surface area contributed by atoms with Gasteiger partial charge in [-0.25, -0.2) is 19.3 Å². The number of benzene rings is 1. The van der Waals surface area contributed by atoms with Crippen molar-refractivity contribution in [2.45, 2.75) is 50.0 Å². The van der Waals surface area contributed by atoms with E-state index in [9.17, 15) is 14.0 Å². The summed E-state index contributed by atoms with van der Waals surface area (Å²) in [6, 6.07) is 9.34. The van der Waals surface area contributed by atoms with Gasteiger partial charge in [0.05, 0.1) is 0 Å². The number of nitrogens with two attached hydrogens (primary N) is 1. The average molecular weight is 524 g/mol. The van der Waals surface area contributed by atoms with Crippen molar-refractivity contribution in [1.29, 1.82) is 0 Å². The first-order valence-electron chi connectivity index (χ1n) is 12.7. The minimum Gasteiger partial charge on any atom is -0.382 e. The predicted octanol–water partition coefficient (Wildman–Crippen LogP) is 3.86. The molecule has 0 radical (unpaired) electrons. The van der Waals surface area contributed by atoms with Crippen molar-refractivity contribution >= 4 is 29.0 Å². The number of amides is 2. The fraction of sp³-hybridized carbons (Fsp3) is 0.276. The number of halogens is 1. The monoisotopic (exact) mass is 523 g/mol. The quantitative estimate of drug-likeness (QED) is 0.341. The summed E-state index contributed by atoms with van der Waals surface area (Å²) in [5.74, 6) is 5.53. The highest BCUT2D eigenvalue weighted by molar-refractivity contribution is 6.04. The molecule has 3 aromatic heterocycles. The number of nitrogen functional groups attached to an aromatic ring is 1. The molecule has 2 bridgehead atoms. The molecule has 4 N–H and O–H groups in total. The molecule has 196 valence electrons. The number of aromatic nitrogens is 4. The summed E-state index contributed by atoms with van der Waals surface area (Å²) >= 11 is 0. The normalized spacial score (nSPS) is 21.4. The molecule has 39 heavy (non-hydrogen) atoms. The van der Waals surface area contributed by atoms with Crippen LogP contribution in [0.3, 0.4) is 0 Å². The molecule has 0 aliphatic heterocycles. The van der Waals surface area contributed by atoms with E-state index in [1.807, 2.05) is 10.6 Å². The van der Waals surface area contributed by atoms with E-state index in [2.05, 4.69) is 32.4 Å². The fourth-order valence-electron chi connectivity index (χ4n) is 6.15. The van der Waals surface area contributed by atoms with Crippen molar-refractivity contribution in [1.82, 2.24) is 24.7 Å². The molecule has 2 saturated carbocycles. The van der Waals surface area contributed by atoms with Crippen LogP contribution in [-0.2, 0) is 10.2 Å². The third kappa shape index (κ3) is 4.26. The maximum Gasteiger partial charge on any atom is 0.296 e. The summed E-state index contributed by atoms with van der Waals surface area (Å²) in [6.07, 6.45) is 9.11. The zero-order chi connectivity index (χ0) is 27.2. The van der Waals surface area contributed by atoms with Crippen molar-refractivity contribution in [3.05, 3.63) is 72.2 Å². The number of anilines is 2. The van der Waals surface area contributed by atoms with Crippen molar-refractivity contribution < 1.29 is 14.0 Å². The second-order valence-electron chi connectivity index (χ2n) is 10.3. The SMILES string of the molecule is CC#CC(=O)NC12CCC(c3nc(-c4ccc(C(=O)Nc5cc(F)ccn5)cc4)c4c(N)nccn34)(CC1)C2. The third-order valence-corrected chi connectivity index (χ3v) is 7.90. The van der Waals surface area contributed by atoms with Crippen LogP contribution < -0.4 is 16.4 Å². The van der Waals surface area contributed by atoms with Crippen molar-refractivity contribution in [3.63, 3.8) is 0 Å². The molecule has 2 fully saturated rings. The molecule has 0 saturated heterocycles. The first-order valence-corrected chi connectivity index (χ1v) is 12.7. The molecular weight excluding hydrogens is 497 g/mol. The number of nitrogens with one attached hydrogen (secondary N) is 2. The van der Waals surface area contributed by atoms with E-state index in [0.717, 1.165) is 49.6 Å². The van der Waals surface area contributed by atoms with Gasteiger partial charge in [-0.05, 0) is 63.1 Å². The topological polar surface area (TPSA) is 127 Å². The lowest BCUT2D eigenvalue weighted by molar-refractivity contribution is -0.117. The number of pyridine rings is 1. The Labute approximate surface area is 224 Å². The molecule has 3 heterocycles. The van der Waals surface area contributed by atoms with Crippen LogP contribution in [0.5, 0.6) is 0 Å². The van der Waals surface area contributed by atoms with E-state index >= 15 is 0 Å². The van der Waals surface area contributed by atoms with Crippen molar-refractivity contribution in [2.75, 3.05) is 11.1 Å². The minimum atomic E-state index is -0.484. The van der Waals surface area contributed by atoms with Gasteiger partial charge in [-0.2, -0.15) is 0 Å². The lowest BCUT2D eigenvalue weighted by Gasteiger charge is -2.27. The molecule has 0 unspecified atom stereocenters. The van der Waals surface area contributed by atoms with E-state index < -0.39 is 11.7 Å². The summed E-state index contributed by atoms with van der Waals surface area (Å²) in [6.45, 7) is 1.65. The van der Waals surface area contributed by atoms with Gasteiger partial charge >= 0.3 is 0 Å². The summed E-state index contributed by atoms with van der Waals surface area (Å²) in [5.41, 5.74) is 8.42. The average Bonchev–Trinajstić information content (AvgIpc) is 3.60. The number of carbonyl (C=O) groups excluding carboxylic acids is 2. The molecule has 4 aromatic rings. The number of nitrogens with zero attached hydrogens (tertiary/aromatic N) is 4. The smallest absolute Gasteiger partial charge is 0.296 e. The Hall–Kier alpha value is -4.78. The number of rotatable bonds is 5. The van der Waals surface area contributed by atoms with Crippen LogP contribution >= 0.6 is 0 Å². The van der Waals surface area contributed by atoms with Crippen LogP contribution in [0.15, 0.2) is 55.0 Å². The van der Waals surface area contributed by atoms with Crippen LogP contribution in [0.25, 0.3) is 16.8 Å². The van der Waals surface area contributed by atoms with Gasteiger partial charge in [0.25, 0.3) is 11.8 Å². The summed E-state index contributed by atoms with van der Waals surface area (Å²) in [4.78, 5) is 38.4. The standard InChI is InChI=1S/C29H26FN7O2/c1-2-3-22(38)36-29-11-9-28(17-29,10-12-29)27-35-23(24-25(31)33-14-15-37(24)27)18-4-6-19(7-5-18)26(39)34-21-16-20(30)8-13-32-21/h4-8,13-16H,9-12,17H2,1H3,(H2,31,33)(H,36,38)(H,32,34,39). The molecule has 1 aromatic carbocycles. The van der Waals surface area contributed by atoms with Crippen LogP contribution in [0.2, 0.25) is 0 Å². The second-order valence-corrected chi connectivity index (χ2v) is 10.3. The van der Waals surface area contributed by atoms with Gasteiger partial charge in [0.1, 0.15) is 34.5 Å². The van der Waals surface area contributed by atoms with Gasteiger partial charge in [0, 0.05) is 46.7 Å². The third-order valence-electron chi connectivity index (χ3n) is 7.90. The Morgan fingerprint density at radius 3 is 2.56 bits per heavy atom. The summed E-state index contributed by atoms with van der Waals surface area (Å²) in [7, 11) is 0. The van der Waals surface area contributed by atoms with Crippen molar-refractivity contribution in [3.8, 4) is 23.1 Å². The number of carbonyl (C=O) groups is 2. The summed E-state index contributed by atoms with van der Waals surface area (Å²) < 4.78 is 15.5. The first-order chi connectivity index (χ1) is 18.8. The largest absolute Gasteiger partial charge is 0.382 e. The van der Waals surface area contributed by atoms with Gasteiger partial charge in [-0.15, -0.1) is 0 Å². The molecule has 2 amide bonds. The minimum absolute atomic E-state index is 0.133. The molecule has 6 rings (SSSR count). The Balaban J connectivity index is 1.33. The highest BCUT2D eigenvalue weighted by Gasteiger charge is 2.57. The fourth-order valence-corrected chi connectivity index (χ4v) is 6.15. The van der Waals surface area contributed by atoms with Gasteiger partial charge in [-0.3, -0.25) is 14.0 Å². The van der Waals surface area contributed by atoms with Crippen LogP contribution in [-0.4, -0.2) is 36.7 Å². The number of hydrogen-bond donors (Lipinski definition) is 3. The van der Waals surface area contributed by atoms with E-state index in [-0.39, 0.29) is 22.7 Å². The van der Waals surface area contributed by atoms with Gasteiger partial charge in [0.2, 0.25) is 0 Å². The molecule has 9 nitrogen and oxygen atoms in total. The van der Waals surface area contributed by atoms with E-state index in [1.165, 1.54) is 12.3 Å². The number of hydrogen-bond acceptors (Lipinski definition) is 6. The molecule has 2 aliphatic carbocycles. The van der Waals surface area contributed by atoms with Crippen LogP contribution in [0.4, 0.5) is 16.0 Å². The molecule has 0 atom stereocenters. The Bertz CT molecular complexity index is 1680.